The van der Waals surface area contributed by atoms with Gasteiger partial charge in [-0.05, 0) is 13.3 Å². The Morgan fingerprint density at radius 2 is 2.43 bits per heavy atom. The van der Waals surface area contributed by atoms with Crippen LogP contribution in [0.5, 0.6) is 0 Å². The first-order chi connectivity index (χ1) is 6.66. The van der Waals surface area contributed by atoms with E-state index in [1.54, 1.807) is 6.20 Å². The third-order valence-electron chi connectivity index (χ3n) is 2.43. The molecule has 0 amide bonds. The second kappa shape index (κ2) is 3.42. The van der Waals surface area contributed by atoms with E-state index in [9.17, 15) is 5.11 Å². The van der Waals surface area contributed by atoms with Crippen LogP contribution < -0.4 is 10.6 Å². The molecular weight excluding hydrogens is 180 g/mol. The van der Waals surface area contributed by atoms with Crippen LogP contribution >= 0.6 is 0 Å². The van der Waals surface area contributed by atoms with Crippen molar-refractivity contribution in [2.24, 2.45) is 0 Å². The molecule has 1 saturated heterocycles. The largest absolute Gasteiger partial charge is 0.391 e. The normalized spacial score (nSPS) is 21.6. The minimum absolute atomic E-state index is 0.245. The maximum absolute atomic E-state index is 9.40. The van der Waals surface area contributed by atoms with Gasteiger partial charge < -0.3 is 15.7 Å². The molecule has 1 aliphatic rings. The van der Waals surface area contributed by atoms with Crippen molar-refractivity contribution in [1.82, 2.24) is 9.97 Å². The number of anilines is 2. The molecule has 2 heterocycles. The average Bonchev–Trinajstić information content (AvgIpc) is 2.56. The lowest BCUT2D eigenvalue weighted by Crippen LogP contribution is -2.23. The highest BCUT2D eigenvalue weighted by Gasteiger charge is 2.22. The summed E-state index contributed by atoms with van der Waals surface area (Å²) >= 11 is 0. The minimum Gasteiger partial charge on any atom is -0.391 e. The lowest BCUT2D eigenvalue weighted by atomic mass is 10.3. The number of nitrogen functional groups attached to an aromatic ring is 1. The third kappa shape index (κ3) is 1.63. The summed E-state index contributed by atoms with van der Waals surface area (Å²) in [5.41, 5.74) is 6.51. The zero-order chi connectivity index (χ0) is 10.1. The first-order valence-corrected chi connectivity index (χ1v) is 4.69. The number of nitrogens with two attached hydrogens (primary N) is 1. The lowest BCUT2D eigenvalue weighted by Gasteiger charge is -2.18. The molecule has 0 aromatic carbocycles. The Kier molecular flexibility index (Phi) is 2.25. The molecule has 0 saturated carbocycles. The van der Waals surface area contributed by atoms with E-state index < -0.39 is 0 Å². The van der Waals surface area contributed by atoms with Gasteiger partial charge in [0, 0.05) is 24.8 Å². The first-order valence-electron chi connectivity index (χ1n) is 4.69. The van der Waals surface area contributed by atoms with Gasteiger partial charge in [-0.15, -0.1) is 0 Å². The van der Waals surface area contributed by atoms with Crippen molar-refractivity contribution in [3.05, 3.63) is 11.8 Å². The highest BCUT2D eigenvalue weighted by Crippen LogP contribution is 2.21. The second-order valence-electron chi connectivity index (χ2n) is 3.62. The summed E-state index contributed by atoms with van der Waals surface area (Å²) in [6.45, 7) is 3.41. The number of β-amino-alcohol motifs (C(OH)–C–C–N with tert-alkyl or cyclic N) is 1. The van der Waals surface area contributed by atoms with E-state index in [1.807, 2.05) is 11.8 Å². The van der Waals surface area contributed by atoms with Gasteiger partial charge in [-0.25, -0.2) is 4.98 Å². The van der Waals surface area contributed by atoms with Crippen molar-refractivity contribution in [1.29, 1.82) is 0 Å². The fourth-order valence-corrected chi connectivity index (χ4v) is 1.70. The zero-order valence-corrected chi connectivity index (χ0v) is 8.14. The number of rotatable bonds is 1. The number of aliphatic hydroxyl groups excluding tert-OH is 1. The molecule has 5 nitrogen and oxygen atoms in total. The molecular formula is C9H14N4O. The molecule has 14 heavy (non-hydrogen) atoms. The molecule has 1 unspecified atom stereocenters. The van der Waals surface area contributed by atoms with E-state index in [0.717, 1.165) is 24.3 Å². The molecule has 76 valence electrons. The Hall–Kier alpha value is -1.36. The molecule has 0 spiro atoms. The highest BCUT2D eigenvalue weighted by molar-refractivity contribution is 5.48. The van der Waals surface area contributed by atoms with Crippen LogP contribution in [-0.4, -0.2) is 34.3 Å². The zero-order valence-electron chi connectivity index (χ0n) is 8.14. The Bertz CT molecular complexity index is 342. The van der Waals surface area contributed by atoms with Gasteiger partial charge in [0.25, 0.3) is 0 Å². The standard InChI is InChI=1S/C9H14N4O/c1-6-4-11-9(10)12-8(6)13-3-2-7(14)5-13/h4,7,14H,2-3,5H2,1H3,(H2,10,11,12). The molecule has 1 aliphatic heterocycles. The number of aryl methyl sites for hydroxylation is 1. The van der Waals surface area contributed by atoms with Crippen molar-refractivity contribution in [3.8, 4) is 0 Å². The van der Waals surface area contributed by atoms with Crippen molar-refractivity contribution in [2.45, 2.75) is 19.4 Å². The van der Waals surface area contributed by atoms with Gasteiger partial charge in [-0.1, -0.05) is 0 Å². The van der Waals surface area contributed by atoms with Crippen LogP contribution in [0.4, 0.5) is 11.8 Å². The fraction of sp³-hybridized carbons (Fsp3) is 0.556. The molecule has 0 radical (unpaired) electrons. The average molecular weight is 194 g/mol. The maximum atomic E-state index is 9.40. The number of hydrogen-bond acceptors (Lipinski definition) is 5. The quantitative estimate of drug-likeness (QED) is 0.655. The smallest absolute Gasteiger partial charge is 0.221 e. The van der Waals surface area contributed by atoms with Crippen molar-refractivity contribution >= 4 is 11.8 Å². The topological polar surface area (TPSA) is 75.3 Å². The van der Waals surface area contributed by atoms with Crippen molar-refractivity contribution in [2.75, 3.05) is 23.7 Å². The van der Waals surface area contributed by atoms with E-state index in [2.05, 4.69) is 9.97 Å². The predicted octanol–water partition coefficient (Wildman–Crippen LogP) is -0.0618. The molecule has 3 N–H and O–H groups in total. The maximum Gasteiger partial charge on any atom is 0.221 e. The third-order valence-corrected chi connectivity index (χ3v) is 2.43. The summed E-state index contributed by atoms with van der Waals surface area (Å²) in [6, 6.07) is 0. The molecule has 2 rings (SSSR count). The molecule has 1 aromatic rings. The number of nitrogens with zero attached hydrogens (tertiary/aromatic N) is 3. The second-order valence-corrected chi connectivity index (χ2v) is 3.62. The predicted molar refractivity (Wildman–Crippen MR) is 54.0 cm³/mol. The number of aliphatic hydroxyl groups is 1. The lowest BCUT2D eigenvalue weighted by molar-refractivity contribution is 0.198. The van der Waals surface area contributed by atoms with Crippen LogP contribution in [-0.2, 0) is 0 Å². The van der Waals surface area contributed by atoms with Crippen molar-refractivity contribution in [3.63, 3.8) is 0 Å². The molecule has 0 aliphatic carbocycles. The fourth-order valence-electron chi connectivity index (χ4n) is 1.70. The van der Waals surface area contributed by atoms with Gasteiger partial charge in [0.05, 0.1) is 6.10 Å². The van der Waals surface area contributed by atoms with Gasteiger partial charge in [-0.2, -0.15) is 4.98 Å². The van der Waals surface area contributed by atoms with Crippen molar-refractivity contribution < 1.29 is 5.11 Å². The molecule has 1 fully saturated rings. The Labute approximate surface area is 82.6 Å². The monoisotopic (exact) mass is 194 g/mol. The van der Waals surface area contributed by atoms with E-state index in [4.69, 9.17) is 5.73 Å². The van der Waals surface area contributed by atoms with Gasteiger partial charge in [0.1, 0.15) is 5.82 Å². The Balaban J connectivity index is 2.27. The summed E-state index contributed by atoms with van der Waals surface area (Å²) < 4.78 is 0. The Morgan fingerprint density at radius 3 is 3.07 bits per heavy atom. The molecule has 1 aromatic heterocycles. The van der Waals surface area contributed by atoms with E-state index in [1.165, 1.54) is 0 Å². The Morgan fingerprint density at radius 1 is 1.64 bits per heavy atom. The number of aromatic nitrogens is 2. The van der Waals surface area contributed by atoms with Crippen LogP contribution in [0.25, 0.3) is 0 Å². The van der Waals surface area contributed by atoms with E-state index in [0.29, 0.717) is 6.54 Å². The van der Waals surface area contributed by atoms with E-state index >= 15 is 0 Å². The van der Waals surface area contributed by atoms with Crippen LogP contribution in [0.15, 0.2) is 6.20 Å². The van der Waals surface area contributed by atoms with Crippen LogP contribution in [0.1, 0.15) is 12.0 Å². The van der Waals surface area contributed by atoms with Gasteiger partial charge in [0.15, 0.2) is 0 Å². The highest BCUT2D eigenvalue weighted by atomic mass is 16.3. The summed E-state index contributed by atoms with van der Waals surface area (Å²) in [4.78, 5) is 10.1. The van der Waals surface area contributed by atoms with Gasteiger partial charge in [0.2, 0.25) is 5.95 Å². The van der Waals surface area contributed by atoms with Crippen LogP contribution in [0, 0.1) is 6.92 Å². The van der Waals surface area contributed by atoms with E-state index in [-0.39, 0.29) is 12.1 Å². The summed E-state index contributed by atoms with van der Waals surface area (Å²) in [6.07, 6.45) is 2.26. The summed E-state index contributed by atoms with van der Waals surface area (Å²) in [7, 11) is 0. The summed E-state index contributed by atoms with van der Waals surface area (Å²) in [5.74, 6) is 1.13. The van der Waals surface area contributed by atoms with Gasteiger partial charge in [-0.3, -0.25) is 0 Å². The van der Waals surface area contributed by atoms with Crippen LogP contribution in [0.3, 0.4) is 0 Å². The van der Waals surface area contributed by atoms with Crippen LogP contribution in [0.2, 0.25) is 0 Å². The minimum atomic E-state index is -0.245. The van der Waals surface area contributed by atoms with Gasteiger partial charge >= 0.3 is 0 Å². The molecule has 5 heteroatoms. The first kappa shape index (κ1) is 9.21. The summed E-state index contributed by atoms with van der Waals surface area (Å²) in [5, 5.41) is 9.40. The molecule has 1 atom stereocenters. The SMILES string of the molecule is Cc1cnc(N)nc1N1CCC(O)C1. The number of hydrogen-bond donors (Lipinski definition) is 2. The molecule has 0 bridgehead atoms.